The second-order valence-corrected chi connectivity index (χ2v) is 5.55. The number of aliphatic hydroxyl groups excluding tert-OH is 4. The molecule has 0 spiro atoms. The summed E-state index contributed by atoms with van der Waals surface area (Å²) in [6, 6.07) is 17.7. The van der Waals surface area contributed by atoms with Crippen LogP contribution in [0, 0.1) is 0 Å². The Kier molecular flexibility index (Phi) is 6.05. The molecule has 0 radical (unpaired) electrons. The Bertz CT molecular complexity index is 606. The Morgan fingerprint density at radius 1 is 0.667 bits per heavy atom. The third kappa shape index (κ3) is 3.98. The van der Waals surface area contributed by atoms with Crippen molar-refractivity contribution in [2.45, 2.75) is 30.3 Å². The predicted molar refractivity (Wildman–Crippen MR) is 86.4 cm³/mol. The van der Waals surface area contributed by atoms with Crippen LogP contribution in [-0.4, -0.2) is 55.9 Å². The molecule has 0 aliphatic carbocycles. The molecule has 6 heteroatoms. The van der Waals surface area contributed by atoms with E-state index in [9.17, 15) is 25.2 Å². The molecule has 128 valence electrons. The number of aliphatic carboxylic acids is 1. The van der Waals surface area contributed by atoms with Gasteiger partial charge in [-0.1, -0.05) is 60.7 Å². The van der Waals surface area contributed by atoms with Crippen LogP contribution >= 0.6 is 0 Å². The largest absolute Gasteiger partial charge is 0.479 e. The number of carbonyl (C=O) groups is 1. The smallest absolute Gasteiger partial charge is 0.335 e. The summed E-state index contributed by atoms with van der Waals surface area (Å²) in [5.74, 6) is -2.37. The lowest BCUT2D eigenvalue weighted by molar-refractivity contribution is -0.163. The maximum Gasteiger partial charge on any atom is 0.335 e. The Hall–Kier alpha value is -2.25. The van der Waals surface area contributed by atoms with Crippen molar-refractivity contribution in [1.82, 2.24) is 0 Å². The molecule has 0 aliphatic rings. The Labute approximate surface area is 139 Å². The third-order valence-corrected chi connectivity index (χ3v) is 3.94. The van der Waals surface area contributed by atoms with Gasteiger partial charge < -0.3 is 25.5 Å². The van der Waals surface area contributed by atoms with E-state index < -0.39 is 36.3 Å². The van der Waals surface area contributed by atoms with Crippen molar-refractivity contribution in [2.24, 2.45) is 0 Å². The van der Waals surface area contributed by atoms with Crippen molar-refractivity contribution >= 4 is 5.97 Å². The molecular weight excluding hydrogens is 312 g/mol. The average molecular weight is 332 g/mol. The molecule has 0 saturated heterocycles. The molecule has 0 fully saturated rings. The summed E-state index contributed by atoms with van der Waals surface area (Å²) in [5.41, 5.74) is 1.37. The van der Waals surface area contributed by atoms with Crippen molar-refractivity contribution in [3.05, 3.63) is 71.8 Å². The van der Waals surface area contributed by atoms with E-state index in [2.05, 4.69) is 0 Å². The van der Waals surface area contributed by atoms with Crippen LogP contribution in [0.4, 0.5) is 0 Å². The van der Waals surface area contributed by atoms with Crippen LogP contribution in [0.15, 0.2) is 60.7 Å². The van der Waals surface area contributed by atoms with E-state index >= 15 is 0 Å². The fourth-order valence-corrected chi connectivity index (χ4v) is 2.64. The van der Waals surface area contributed by atoms with Gasteiger partial charge in [0.1, 0.15) is 12.2 Å². The molecule has 0 heterocycles. The Morgan fingerprint density at radius 2 is 1.08 bits per heavy atom. The fraction of sp³-hybridized carbons (Fsp3) is 0.278. The van der Waals surface area contributed by atoms with Gasteiger partial charge in [0, 0.05) is 5.92 Å². The van der Waals surface area contributed by atoms with Crippen LogP contribution in [0.5, 0.6) is 0 Å². The maximum atomic E-state index is 10.8. The van der Waals surface area contributed by atoms with E-state index in [1.54, 1.807) is 60.7 Å². The van der Waals surface area contributed by atoms with Gasteiger partial charge in [0.05, 0.1) is 6.10 Å². The van der Waals surface area contributed by atoms with Crippen LogP contribution < -0.4 is 0 Å². The van der Waals surface area contributed by atoms with Gasteiger partial charge in [-0.25, -0.2) is 4.79 Å². The first-order valence-electron chi connectivity index (χ1n) is 7.48. The van der Waals surface area contributed by atoms with Gasteiger partial charge in [-0.2, -0.15) is 0 Å². The second-order valence-electron chi connectivity index (χ2n) is 5.55. The van der Waals surface area contributed by atoms with Gasteiger partial charge in [-0.15, -0.1) is 0 Å². The summed E-state index contributed by atoms with van der Waals surface area (Å²) in [4.78, 5) is 10.8. The molecule has 0 aliphatic heterocycles. The molecular formula is C18H20O6. The zero-order valence-electron chi connectivity index (χ0n) is 12.8. The zero-order chi connectivity index (χ0) is 17.7. The number of aliphatic hydroxyl groups is 4. The molecule has 0 bridgehead atoms. The molecule has 0 saturated carbocycles. The highest BCUT2D eigenvalue weighted by molar-refractivity contribution is 5.72. The van der Waals surface area contributed by atoms with Crippen LogP contribution in [-0.2, 0) is 4.79 Å². The van der Waals surface area contributed by atoms with Crippen LogP contribution in [0.1, 0.15) is 17.0 Å². The minimum Gasteiger partial charge on any atom is -0.479 e. The Morgan fingerprint density at radius 3 is 1.46 bits per heavy atom. The normalized spacial score (nSPS) is 16.4. The van der Waals surface area contributed by atoms with E-state index in [0.29, 0.717) is 11.1 Å². The van der Waals surface area contributed by atoms with Crippen molar-refractivity contribution in [2.75, 3.05) is 0 Å². The molecule has 0 aromatic heterocycles. The Balaban J connectivity index is 2.35. The van der Waals surface area contributed by atoms with E-state index in [1.807, 2.05) is 0 Å². The lowest BCUT2D eigenvalue weighted by atomic mass is 9.82. The van der Waals surface area contributed by atoms with Crippen molar-refractivity contribution in [3.8, 4) is 0 Å². The molecule has 2 aromatic carbocycles. The summed E-state index contributed by atoms with van der Waals surface area (Å²) in [7, 11) is 0. The van der Waals surface area contributed by atoms with Crippen molar-refractivity contribution in [3.63, 3.8) is 0 Å². The first-order valence-corrected chi connectivity index (χ1v) is 7.48. The highest BCUT2D eigenvalue weighted by atomic mass is 16.4. The molecule has 6 nitrogen and oxygen atoms in total. The topological polar surface area (TPSA) is 118 Å². The molecule has 24 heavy (non-hydrogen) atoms. The predicted octanol–water partition coefficient (Wildman–Crippen LogP) is 0.347. The number of carboxylic acid groups (broad SMARTS) is 1. The molecule has 5 N–H and O–H groups in total. The molecule has 2 aromatic rings. The van der Waals surface area contributed by atoms with Gasteiger partial charge >= 0.3 is 5.97 Å². The van der Waals surface area contributed by atoms with Gasteiger partial charge in [-0.3, -0.25) is 0 Å². The summed E-state index contributed by atoms with van der Waals surface area (Å²) < 4.78 is 0. The molecule has 0 amide bonds. The lowest BCUT2D eigenvalue weighted by Gasteiger charge is -2.31. The summed E-state index contributed by atoms with van der Waals surface area (Å²) in [6.45, 7) is 0. The quantitative estimate of drug-likeness (QED) is 0.499. The lowest BCUT2D eigenvalue weighted by Crippen LogP contribution is -2.49. The van der Waals surface area contributed by atoms with E-state index in [-0.39, 0.29) is 0 Å². The summed E-state index contributed by atoms with van der Waals surface area (Å²) >= 11 is 0. The van der Waals surface area contributed by atoms with E-state index in [0.717, 1.165) is 0 Å². The monoisotopic (exact) mass is 332 g/mol. The number of rotatable bonds is 7. The average Bonchev–Trinajstić information content (AvgIpc) is 2.61. The number of benzene rings is 2. The molecule has 0 unspecified atom stereocenters. The van der Waals surface area contributed by atoms with Crippen molar-refractivity contribution < 1.29 is 30.3 Å². The standard InChI is InChI=1S/C18H20O6/c19-14(15(20)16(21)17(22)18(23)24)13(11-7-3-1-4-8-11)12-9-5-2-6-10-12/h1-10,13-17,19-22H,(H,23,24)/t14-,15-,16-,17-/m0/s1. The maximum absolute atomic E-state index is 10.8. The summed E-state index contributed by atoms with van der Waals surface area (Å²) in [6.07, 6.45) is -7.57. The second kappa shape index (κ2) is 8.03. The molecule has 4 atom stereocenters. The minimum absolute atomic E-state index is 0.687. The van der Waals surface area contributed by atoms with E-state index in [4.69, 9.17) is 5.11 Å². The fourth-order valence-electron chi connectivity index (χ4n) is 2.64. The summed E-state index contributed by atoms with van der Waals surface area (Å²) in [5, 5.41) is 48.7. The van der Waals surface area contributed by atoms with Gasteiger partial charge in [-0.05, 0) is 11.1 Å². The van der Waals surface area contributed by atoms with Crippen molar-refractivity contribution in [1.29, 1.82) is 0 Å². The first-order chi connectivity index (χ1) is 11.4. The van der Waals surface area contributed by atoms with E-state index in [1.165, 1.54) is 0 Å². The number of hydrogen-bond donors (Lipinski definition) is 5. The highest BCUT2D eigenvalue weighted by Crippen LogP contribution is 2.30. The molecule has 2 rings (SSSR count). The highest BCUT2D eigenvalue weighted by Gasteiger charge is 2.38. The zero-order valence-corrected chi connectivity index (χ0v) is 12.8. The van der Waals surface area contributed by atoms with Crippen LogP contribution in [0.3, 0.4) is 0 Å². The van der Waals surface area contributed by atoms with Gasteiger partial charge in [0.15, 0.2) is 6.10 Å². The first kappa shape index (κ1) is 18.1. The number of carboxylic acids is 1. The van der Waals surface area contributed by atoms with Gasteiger partial charge in [0.25, 0.3) is 0 Å². The van der Waals surface area contributed by atoms with Crippen LogP contribution in [0.2, 0.25) is 0 Å². The minimum atomic E-state index is -2.19. The number of hydrogen-bond acceptors (Lipinski definition) is 5. The third-order valence-electron chi connectivity index (χ3n) is 3.94. The van der Waals surface area contributed by atoms with Gasteiger partial charge in [0.2, 0.25) is 0 Å². The van der Waals surface area contributed by atoms with Crippen LogP contribution in [0.25, 0.3) is 0 Å². The SMILES string of the molecule is O=C(O)[C@@H](O)[C@@H](O)[C@@H](O)[C@@H](O)C(c1ccccc1)c1ccccc1.